The van der Waals surface area contributed by atoms with Crippen LogP contribution in [0.1, 0.15) is 110 Å². The van der Waals surface area contributed by atoms with Crippen LogP contribution in [-0.2, 0) is 42.6 Å². The van der Waals surface area contributed by atoms with Crippen LogP contribution in [0, 0.1) is 0 Å². The van der Waals surface area contributed by atoms with Crippen LogP contribution < -0.4 is 0 Å². The summed E-state index contributed by atoms with van der Waals surface area (Å²) in [6, 6.07) is 0. The summed E-state index contributed by atoms with van der Waals surface area (Å²) in [6.45, 7) is 11.2. The zero-order chi connectivity index (χ0) is 33.1. The predicted molar refractivity (Wildman–Crippen MR) is 183 cm³/mol. The molecule has 278 valence electrons. The van der Waals surface area contributed by atoms with Gasteiger partial charge in [-0.15, -0.1) is 0 Å². The van der Waals surface area contributed by atoms with Crippen molar-refractivity contribution >= 4 is 0 Å². The summed E-state index contributed by atoms with van der Waals surface area (Å²) in [7, 11) is 0. The molecular weight excluding hydrogens is 595 g/mol. The van der Waals surface area contributed by atoms with Gasteiger partial charge < -0.3 is 42.6 Å². The van der Waals surface area contributed by atoms with Gasteiger partial charge in [0.1, 0.15) is 6.67 Å². The third-order valence-corrected chi connectivity index (χ3v) is 7.34. The lowest BCUT2D eigenvalue weighted by atomic mass is 10.0. The quantitative estimate of drug-likeness (QED) is 0.0619. The Hall–Kier alpha value is -0.430. The fourth-order valence-electron chi connectivity index (χ4n) is 4.67. The fourth-order valence-corrected chi connectivity index (χ4v) is 4.67. The lowest BCUT2D eigenvalue weighted by Gasteiger charge is -2.09. The molecule has 46 heavy (non-hydrogen) atoms. The normalized spacial score (nSPS) is 11.6. The first-order valence-electron chi connectivity index (χ1n) is 18.7. The van der Waals surface area contributed by atoms with Crippen LogP contribution in [0.3, 0.4) is 0 Å². The zero-order valence-corrected chi connectivity index (χ0v) is 29.8. The number of alkyl halides is 1. The molecule has 0 aliphatic carbocycles. The first-order chi connectivity index (χ1) is 22.9. The number of hydrogen-bond donors (Lipinski definition) is 0. The summed E-state index contributed by atoms with van der Waals surface area (Å²) >= 11 is 0. The first kappa shape index (κ1) is 45.6. The Bertz CT molecular complexity index is 476. The molecule has 0 atom stereocenters. The van der Waals surface area contributed by atoms with E-state index in [2.05, 4.69) is 6.92 Å². The van der Waals surface area contributed by atoms with Crippen LogP contribution in [0.2, 0.25) is 0 Å². The molecule has 0 aliphatic rings. The second kappa shape index (κ2) is 44.6. The maximum Gasteiger partial charge on any atom is 0.113 e. The largest absolute Gasteiger partial charge is 0.379 e. The van der Waals surface area contributed by atoms with Crippen molar-refractivity contribution in [1.82, 2.24) is 0 Å². The average molecular weight is 669 g/mol. The number of halogens is 1. The molecule has 0 aromatic heterocycles. The van der Waals surface area contributed by atoms with E-state index in [1.165, 1.54) is 96.3 Å². The molecule has 9 nitrogen and oxygen atoms in total. The molecule has 0 saturated carbocycles. The van der Waals surface area contributed by atoms with E-state index in [4.69, 9.17) is 42.6 Å². The number of unbranched alkanes of at least 4 members (excludes halogenated alkanes) is 15. The summed E-state index contributed by atoms with van der Waals surface area (Å²) in [6.07, 6.45) is 22.2. The van der Waals surface area contributed by atoms with Crippen LogP contribution in [0.5, 0.6) is 0 Å². The van der Waals surface area contributed by atoms with Crippen LogP contribution in [0.4, 0.5) is 4.39 Å². The molecule has 0 unspecified atom stereocenters. The minimum Gasteiger partial charge on any atom is -0.379 e. The highest BCUT2D eigenvalue weighted by Gasteiger charge is 1.97. The van der Waals surface area contributed by atoms with Crippen molar-refractivity contribution in [2.45, 2.75) is 110 Å². The van der Waals surface area contributed by atoms with E-state index in [1.807, 2.05) is 0 Å². The first-order valence-corrected chi connectivity index (χ1v) is 18.7. The molecule has 0 aliphatic heterocycles. The number of hydrogen-bond acceptors (Lipinski definition) is 9. The highest BCUT2D eigenvalue weighted by Crippen LogP contribution is 2.13. The molecule has 0 amide bonds. The van der Waals surface area contributed by atoms with Gasteiger partial charge in [-0.2, -0.15) is 0 Å². The van der Waals surface area contributed by atoms with E-state index in [0.29, 0.717) is 106 Å². The highest BCUT2D eigenvalue weighted by molar-refractivity contribution is 4.50. The Kier molecular flexibility index (Phi) is 44.2. The molecule has 0 radical (unpaired) electrons. The number of ether oxygens (including phenoxy) is 9. The van der Waals surface area contributed by atoms with Crippen LogP contribution in [-0.4, -0.2) is 126 Å². The van der Waals surface area contributed by atoms with Gasteiger partial charge in [-0.3, -0.25) is 0 Å². The molecule has 0 bridgehead atoms. The minimum atomic E-state index is -0.467. The van der Waals surface area contributed by atoms with E-state index in [9.17, 15) is 4.39 Å². The maximum atomic E-state index is 11.8. The van der Waals surface area contributed by atoms with Crippen molar-refractivity contribution in [3.63, 3.8) is 0 Å². The second-order valence-electron chi connectivity index (χ2n) is 11.5. The molecule has 0 fully saturated rings. The average Bonchev–Trinajstić information content (AvgIpc) is 3.07. The van der Waals surface area contributed by atoms with Gasteiger partial charge >= 0.3 is 0 Å². The Morgan fingerprint density at radius 2 is 0.435 bits per heavy atom. The predicted octanol–water partition coefficient (Wildman–Crippen LogP) is 7.37. The fraction of sp³-hybridized carbons (Fsp3) is 1.00. The molecule has 0 N–H and O–H groups in total. The topological polar surface area (TPSA) is 83.1 Å². The van der Waals surface area contributed by atoms with Crippen molar-refractivity contribution in [2.75, 3.05) is 126 Å². The maximum absolute atomic E-state index is 11.8. The van der Waals surface area contributed by atoms with Crippen molar-refractivity contribution in [3.05, 3.63) is 0 Å². The molecular formula is C36H73FO9. The van der Waals surface area contributed by atoms with Gasteiger partial charge in [-0.25, -0.2) is 4.39 Å². The van der Waals surface area contributed by atoms with Gasteiger partial charge in [0.2, 0.25) is 0 Å². The van der Waals surface area contributed by atoms with Crippen molar-refractivity contribution < 1.29 is 47.0 Å². The summed E-state index contributed by atoms with van der Waals surface area (Å²) in [5.74, 6) is 0. The molecule has 0 aromatic carbocycles. The van der Waals surface area contributed by atoms with E-state index >= 15 is 0 Å². The molecule has 0 heterocycles. The van der Waals surface area contributed by atoms with Crippen LogP contribution in [0.25, 0.3) is 0 Å². The third-order valence-electron chi connectivity index (χ3n) is 7.34. The lowest BCUT2D eigenvalue weighted by molar-refractivity contribution is -0.0252. The smallest absolute Gasteiger partial charge is 0.113 e. The Morgan fingerprint density at radius 1 is 0.239 bits per heavy atom. The van der Waals surface area contributed by atoms with E-state index < -0.39 is 6.67 Å². The van der Waals surface area contributed by atoms with Gasteiger partial charge in [0.25, 0.3) is 0 Å². The Balaban J connectivity index is 3.03. The van der Waals surface area contributed by atoms with Crippen LogP contribution >= 0.6 is 0 Å². The van der Waals surface area contributed by atoms with E-state index in [0.717, 1.165) is 13.0 Å². The minimum absolute atomic E-state index is 0.121. The van der Waals surface area contributed by atoms with Gasteiger partial charge in [-0.05, 0) is 6.42 Å². The highest BCUT2D eigenvalue weighted by atomic mass is 19.1. The van der Waals surface area contributed by atoms with Crippen molar-refractivity contribution in [1.29, 1.82) is 0 Å². The summed E-state index contributed by atoms with van der Waals surface area (Å²) in [4.78, 5) is 0. The monoisotopic (exact) mass is 669 g/mol. The molecule has 0 saturated heterocycles. The summed E-state index contributed by atoms with van der Waals surface area (Å²) in [5.41, 5.74) is 0. The van der Waals surface area contributed by atoms with Gasteiger partial charge in [0.05, 0.1) is 112 Å². The standard InChI is InChI=1S/C36H73FO9/c1-2-3-4-5-6-7-8-9-10-11-12-13-14-15-16-17-19-38-21-23-40-25-27-42-29-31-44-33-35-46-36-34-45-32-30-43-28-26-41-24-22-39-20-18-37/h2-36H2,1H3. The van der Waals surface area contributed by atoms with Crippen molar-refractivity contribution in [3.8, 4) is 0 Å². The molecule has 0 rings (SSSR count). The lowest BCUT2D eigenvalue weighted by Crippen LogP contribution is -2.15. The van der Waals surface area contributed by atoms with Crippen molar-refractivity contribution in [2.24, 2.45) is 0 Å². The van der Waals surface area contributed by atoms with Crippen LogP contribution in [0.15, 0.2) is 0 Å². The molecule has 10 heteroatoms. The van der Waals surface area contributed by atoms with E-state index in [1.54, 1.807) is 0 Å². The summed E-state index contributed by atoms with van der Waals surface area (Å²) in [5, 5.41) is 0. The summed E-state index contributed by atoms with van der Waals surface area (Å²) < 4.78 is 60.7. The van der Waals surface area contributed by atoms with Gasteiger partial charge in [0.15, 0.2) is 0 Å². The SMILES string of the molecule is CCCCCCCCCCCCCCCCCCOCCOCCOCCOCCOCCOCCOCCOCCOCCF. The third kappa shape index (κ3) is 43.6. The number of rotatable bonds is 43. The Labute approximate surface area is 282 Å². The Morgan fingerprint density at radius 3 is 0.674 bits per heavy atom. The zero-order valence-electron chi connectivity index (χ0n) is 29.8. The van der Waals surface area contributed by atoms with E-state index in [-0.39, 0.29) is 6.61 Å². The molecule has 0 aromatic rings. The second-order valence-corrected chi connectivity index (χ2v) is 11.5. The molecule has 0 spiro atoms. The van der Waals surface area contributed by atoms with Gasteiger partial charge in [-0.1, -0.05) is 103 Å². The van der Waals surface area contributed by atoms with Gasteiger partial charge in [0, 0.05) is 6.61 Å².